The molecule has 0 atom stereocenters. The zero-order chi connectivity index (χ0) is 20.8. The van der Waals surface area contributed by atoms with Gasteiger partial charge in [-0.2, -0.15) is 0 Å². The number of benzene rings is 2. The summed E-state index contributed by atoms with van der Waals surface area (Å²) in [4.78, 5) is 30.1. The lowest BCUT2D eigenvalue weighted by Crippen LogP contribution is -3.13. The van der Waals surface area contributed by atoms with Crippen LogP contribution in [-0.4, -0.2) is 68.5 Å². The van der Waals surface area contributed by atoms with E-state index in [9.17, 15) is 9.59 Å². The Hall–Kier alpha value is -2.86. The number of likely N-dealkylation sites (N-methyl/N-ethyl adjacent to an activating group) is 1. The number of hydrogen-bond acceptors (Lipinski definition) is 3. The van der Waals surface area contributed by atoms with Crippen LogP contribution < -0.4 is 9.64 Å². The van der Waals surface area contributed by atoms with Crippen LogP contribution in [-0.2, 0) is 11.3 Å². The van der Waals surface area contributed by atoms with E-state index >= 15 is 0 Å². The number of methoxy groups -OCH3 is 1. The second-order valence-electron chi connectivity index (χ2n) is 7.69. The molecule has 0 aromatic heterocycles. The van der Waals surface area contributed by atoms with Gasteiger partial charge >= 0.3 is 0 Å². The summed E-state index contributed by atoms with van der Waals surface area (Å²) >= 11 is 0. The lowest BCUT2D eigenvalue weighted by Gasteiger charge is -2.33. The number of quaternary nitrogens is 1. The molecule has 2 aromatic carbocycles. The number of aryl methyl sites for hydroxylation is 1. The summed E-state index contributed by atoms with van der Waals surface area (Å²) in [5.74, 6) is 0.447. The van der Waals surface area contributed by atoms with E-state index in [1.165, 1.54) is 20.9 Å². The first-order valence-corrected chi connectivity index (χ1v) is 10.0. The predicted molar refractivity (Wildman–Crippen MR) is 112 cm³/mol. The van der Waals surface area contributed by atoms with Gasteiger partial charge in [0.05, 0.1) is 39.8 Å². The van der Waals surface area contributed by atoms with E-state index in [-0.39, 0.29) is 18.4 Å². The number of ether oxygens (including phenoxy) is 1. The van der Waals surface area contributed by atoms with Crippen molar-refractivity contribution >= 4 is 11.8 Å². The average molecular weight is 397 g/mol. The smallest absolute Gasteiger partial charge is 0.254 e. The molecule has 1 fully saturated rings. The molecular formula is C23H30N3O3+. The number of piperazine rings is 1. The van der Waals surface area contributed by atoms with Crippen LogP contribution in [0.4, 0.5) is 0 Å². The molecular weight excluding hydrogens is 366 g/mol. The first-order chi connectivity index (χ1) is 14.0. The van der Waals surface area contributed by atoms with Crippen molar-refractivity contribution in [1.29, 1.82) is 0 Å². The molecule has 0 unspecified atom stereocenters. The van der Waals surface area contributed by atoms with Crippen molar-refractivity contribution in [3.05, 3.63) is 65.2 Å². The molecule has 29 heavy (non-hydrogen) atoms. The Balaban J connectivity index is 1.49. The van der Waals surface area contributed by atoms with Gasteiger partial charge in [-0.1, -0.05) is 35.9 Å². The zero-order valence-corrected chi connectivity index (χ0v) is 17.5. The zero-order valence-electron chi connectivity index (χ0n) is 17.5. The van der Waals surface area contributed by atoms with Crippen molar-refractivity contribution in [2.24, 2.45) is 0 Å². The molecule has 1 aliphatic heterocycles. The Bertz CT molecular complexity index is 860. The Kier molecular flexibility index (Phi) is 6.88. The topological polar surface area (TPSA) is 54.3 Å². The Morgan fingerprint density at radius 3 is 2.52 bits per heavy atom. The van der Waals surface area contributed by atoms with Gasteiger partial charge in [0.15, 0.2) is 0 Å². The molecule has 1 saturated heterocycles. The largest absolute Gasteiger partial charge is 0.497 e. The molecule has 1 heterocycles. The van der Waals surface area contributed by atoms with Crippen molar-refractivity contribution in [3.63, 3.8) is 0 Å². The highest BCUT2D eigenvalue weighted by Gasteiger charge is 2.25. The molecule has 154 valence electrons. The standard InChI is InChI=1S/C23H29N3O3/c1-18-6-4-7-19(14-18)16-25-10-12-26(13-11-25)22(27)17-24(2)23(28)20-8-5-9-21(15-20)29-3/h4-9,14-15H,10-13,16-17H2,1-3H3/p+1. The minimum atomic E-state index is -0.180. The van der Waals surface area contributed by atoms with Crippen molar-refractivity contribution in [1.82, 2.24) is 9.80 Å². The fourth-order valence-corrected chi connectivity index (χ4v) is 3.71. The van der Waals surface area contributed by atoms with Crippen molar-refractivity contribution in [2.75, 3.05) is 46.9 Å². The maximum atomic E-state index is 12.7. The van der Waals surface area contributed by atoms with Gasteiger partial charge in [0.1, 0.15) is 12.3 Å². The molecule has 1 N–H and O–H groups in total. The summed E-state index contributed by atoms with van der Waals surface area (Å²) in [6, 6.07) is 15.6. The van der Waals surface area contributed by atoms with Gasteiger partial charge in [0.2, 0.25) is 5.91 Å². The maximum Gasteiger partial charge on any atom is 0.254 e. The molecule has 0 radical (unpaired) electrons. The van der Waals surface area contributed by atoms with Crippen LogP contribution in [0.2, 0.25) is 0 Å². The van der Waals surface area contributed by atoms with Crippen LogP contribution >= 0.6 is 0 Å². The minimum Gasteiger partial charge on any atom is -0.497 e. The normalized spacial score (nSPS) is 14.5. The third kappa shape index (κ3) is 5.57. The van der Waals surface area contributed by atoms with Gasteiger partial charge in [0, 0.05) is 18.2 Å². The van der Waals surface area contributed by atoms with E-state index in [2.05, 4.69) is 31.2 Å². The number of carbonyl (C=O) groups excluding carboxylic acids is 2. The highest BCUT2D eigenvalue weighted by atomic mass is 16.5. The van der Waals surface area contributed by atoms with Gasteiger partial charge in [-0.25, -0.2) is 0 Å². The highest BCUT2D eigenvalue weighted by molar-refractivity contribution is 5.96. The van der Waals surface area contributed by atoms with Crippen molar-refractivity contribution < 1.29 is 19.2 Å². The summed E-state index contributed by atoms with van der Waals surface area (Å²) < 4.78 is 5.17. The Morgan fingerprint density at radius 2 is 1.83 bits per heavy atom. The third-order valence-corrected chi connectivity index (χ3v) is 5.40. The predicted octanol–water partition coefficient (Wildman–Crippen LogP) is 1.00. The lowest BCUT2D eigenvalue weighted by atomic mass is 10.1. The summed E-state index contributed by atoms with van der Waals surface area (Å²) in [5.41, 5.74) is 3.13. The van der Waals surface area contributed by atoms with Crippen molar-refractivity contribution in [3.8, 4) is 5.75 Å². The second kappa shape index (κ2) is 9.56. The molecule has 0 spiro atoms. The van der Waals surface area contributed by atoms with Crippen LogP contribution in [0, 0.1) is 6.92 Å². The van der Waals surface area contributed by atoms with E-state index in [1.807, 2.05) is 4.90 Å². The van der Waals surface area contributed by atoms with Crippen LogP contribution in [0.5, 0.6) is 5.75 Å². The quantitative estimate of drug-likeness (QED) is 0.793. The van der Waals surface area contributed by atoms with Crippen LogP contribution in [0.3, 0.4) is 0 Å². The highest BCUT2D eigenvalue weighted by Crippen LogP contribution is 2.14. The van der Waals surface area contributed by atoms with E-state index < -0.39 is 0 Å². The molecule has 6 nitrogen and oxygen atoms in total. The van der Waals surface area contributed by atoms with Gasteiger partial charge < -0.3 is 19.4 Å². The number of rotatable bonds is 6. The molecule has 2 amide bonds. The maximum absolute atomic E-state index is 12.7. The first-order valence-electron chi connectivity index (χ1n) is 10.0. The Morgan fingerprint density at radius 1 is 1.10 bits per heavy atom. The summed E-state index contributed by atoms with van der Waals surface area (Å²) in [6.45, 7) is 6.47. The molecule has 2 aromatic rings. The van der Waals surface area contributed by atoms with Gasteiger partial charge in [0.25, 0.3) is 5.91 Å². The third-order valence-electron chi connectivity index (χ3n) is 5.40. The molecule has 0 bridgehead atoms. The number of amides is 2. The summed E-state index contributed by atoms with van der Waals surface area (Å²) in [7, 11) is 3.23. The fraction of sp³-hybridized carbons (Fsp3) is 0.391. The fourth-order valence-electron chi connectivity index (χ4n) is 3.71. The van der Waals surface area contributed by atoms with Crippen LogP contribution in [0.15, 0.2) is 48.5 Å². The number of nitrogens with one attached hydrogen (secondary N) is 1. The van der Waals surface area contributed by atoms with Crippen molar-refractivity contribution in [2.45, 2.75) is 13.5 Å². The van der Waals surface area contributed by atoms with Gasteiger partial charge in [-0.3, -0.25) is 9.59 Å². The van der Waals surface area contributed by atoms with Gasteiger partial charge in [-0.15, -0.1) is 0 Å². The van der Waals surface area contributed by atoms with Gasteiger partial charge in [-0.05, 0) is 25.1 Å². The summed E-state index contributed by atoms with van der Waals surface area (Å²) in [5, 5.41) is 0. The SMILES string of the molecule is COc1cccc(C(=O)N(C)CC(=O)N2CC[NH+](Cc3cccc(C)c3)CC2)c1. The monoisotopic (exact) mass is 396 g/mol. The first kappa shape index (κ1) is 20.9. The summed E-state index contributed by atoms with van der Waals surface area (Å²) in [6.07, 6.45) is 0. The number of hydrogen-bond donors (Lipinski definition) is 1. The van der Waals surface area contributed by atoms with E-state index in [0.717, 1.165) is 32.7 Å². The van der Waals surface area contributed by atoms with E-state index in [0.29, 0.717) is 11.3 Å². The lowest BCUT2D eigenvalue weighted by molar-refractivity contribution is -0.917. The molecule has 0 saturated carbocycles. The van der Waals surface area contributed by atoms with Crippen LogP contribution in [0.25, 0.3) is 0 Å². The molecule has 1 aliphatic rings. The average Bonchev–Trinajstić information content (AvgIpc) is 2.73. The minimum absolute atomic E-state index is 0.00153. The van der Waals surface area contributed by atoms with Crippen LogP contribution in [0.1, 0.15) is 21.5 Å². The molecule has 6 heteroatoms. The molecule has 3 rings (SSSR count). The Labute approximate surface area is 172 Å². The van der Waals surface area contributed by atoms with E-state index in [1.54, 1.807) is 38.4 Å². The van der Waals surface area contributed by atoms with E-state index in [4.69, 9.17) is 4.74 Å². The molecule has 0 aliphatic carbocycles. The number of nitrogens with zero attached hydrogens (tertiary/aromatic N) is 2. The number of carbonyl (C=O) groups is 2. The second-order valence-corrected chi connectivity index (χ2v) is 7.69.